The van der Waals surface area contributed by atoms with Crippen LogP contribution in [0.1, 0.15) is 34.0 Å². The molecule has 1 fully saturated rings. The highest BCUT2D eigenvalue weighted by molar-refractivity contribution is 9.10. The number of benzene rings is 2. The van der Waals surface area contributed by atoms with E-state index in [-0.39, 0.29) is 29.7 Å². The molecule has 2 aromatic rings. The van der Waals surface area contributed by atoms with Crippen molar-refractivity contribution in [2.24, 2.45) is 0 Å². The summed E-state index contributed by atoms with van der Waals surface area (Å²) in [4.78, 5) is 16.7. The molecule has 1 aliphatic heterocycles. The molecule has 1 heterocycles. The van der Waals surface area contributed by atoms with Gasteiger partial charge in [0.2, 0.25) is 0 Å². The molecule has 0 aliphatic carbocycles. The highest BCUT2D eigenvalue weighted by Crippen LogP contribution is 2.34. The van der Waals surface area contributed by atoms with Crippen molar-refractivity contribution >= 4 is 21.7 Å². The number of Topliss-reactive ketones (excluding diaryl/α,β-unsaturated/α-hetero) is 1. The van der Waals surface area contributed by atoms with Crippen molar-refractivity contribution in [1.29, 1.82) is 0 Å². The molecule has 0 bridgehead atoms. The van der Waals surface area contributed by atoms with Gasteiger partial charge in [0.25, 0.3) is 0 Å². The summed E-state index contributed by atoms with van der Waals surface area (Å²) < 4.78 is 55.0. The third-order valence-corrected chi connectivity index (χ3v) is 5.79. The third kappa shape index (κ3) is 5.89. The van der Waals surface area contributed by atoms with Crippen molar-refractivity contribution in [3.05, 3.63) is 68.9 Å². The Morgan fingerprint density at radius 3 is 2.30 bits per heavy atom. The smallest absolute Gasteiger partial charge is 0.301 e. The van der Waals surface area contributed by atoms with Gasteiger partial charge in [-0.25, -0.2) is 4.39 Å². The second kappa shape index (κ2) is 9.58. The maximum absolute atomic E-state index is 13.7. The first-order valence-electron chi connectivity index (χ1n) is 9.78. The Balaban J connectivity index is 1.78. The zero-order valence-corrected chi connectivity index (χ0v) is 18.2. The summed E-state index contributed by atoms with van der Waals surface area (Å²) in [5, 5.41) is 0. The van der Waals surface area contributed by atoms with Gasteiger partial charge in [-0.15, -0.1) is 0 Å². The van der Waals surface area contributed by atoms with Crippen LogP contribution in [-0.2, 0) is 19.1 Å². The number of ketones is 1. The van der Waals surface area contributed by atoms with Gasteiger partial charge >= 0.3 is 6.18 Å². The number of likely N-dealkylation sites (N-methyl/N-ethyl adjacent to an activating group) is 1. The Kier molecular flexibility index (Phi) is 7.31. The van der Waals surface area contributed by atoms with E-state index in [2.05, 4.69) is 27.8 Å². The largest absolute Gasteiger partial charge is 0.416 e. The first kappa shape index (κ1) is 22.9. The Bertz CT molecular complexity index is 888. The molecule has 0 radical (unpaired) electrons. The van der Waals surface area contributed by atoms with Gasteiger partial charge in [0, 0.05) is 49.2 Å². The Morgan fingerprint density at radius 2 is 1.70 bits per heavy atom. The molecule has 30 heavy (non-hydrogen) atoms. The highest BCUT2D eigenvalue weighted by atomic mass is 79.9. The molecule has 0 N–H and O–H groups in total. The summed E-state index contributed by atoms with van der Waals surface area (Å²) in [6.07, 6.45) is -4.74. The van der Waals surface area contributed by atoms with Crippen molar-refractivity contribution in [1.82, 2.24) is 9.80 Å². The van der Waals surface area contributed by atoms with Gasteiger partial charge in [0.15, 0.2) is 5.78 Å². The van der Waals surface area contributed by atoms with Crippen LogP contribution in [0.5, 0.6) is 0 Å². The second-order valence-corrected chi connectivity index (χ2v) is 8.37. The molecule has 3 nitrogen and oxygen atoms in total. The van der Waals surface area contributed by atoms with Crippen LogP contribution in [0.4, 0.5) is 17.6 Å². The minimum Gasteiger partial charge on any atom is -0.301 e. The molecule has 0 amide bonds. The number of hydrogen-bond donors (Lipinski definition) is 0. The van der Waals surface area contributed by atoms with Crippen molar-refractivity contribution in [3.63, 3.8) is 0 Å². The van der Waals surface area contributed by atoms with Gasteiger partial charge in [-0.2, -0.15) is 13.2 Å². The van der Waals surface area contributed by atoms with E-state index in [0.29, 0.717) is 4.47 Å². The zero-order valence-electron chi connectivity index (χ0n) is 16.6. The molecule has 162 valence electrons. The van der Waals surface area contributed by atoms with Gasteiger partial charge in [0.05, 0.1) is 5.56 Å². The summed E-state index contributed by atoms with van der Waals surface area (Å²) in [6, 6.07) is 7.82. The molecule has 0 atom stereocenters. The molecule has 0 spiro atoms. The van der Waals surface area contributed by atoms with Crippen molar-refractivity contribution in [3.8, 4) is 0 Å². The summed E-state index contributed by atoms with van der Waals surface area (Å²) in [6.45, 7) is 6.35. The molecule has 3 rings (SSSR count). The first-order valence-corrected chi connectivity index (χ1v) is 10.6. The molecule has 8 heteroatoms. The Morgan fingerprint density at radius 1 is 1.03 bits per heavy atom. The number of nitrogens with zero attached hydrogens (tertiary/aromatic N) is 2. The number of halogens is 5. The highest BCUT2D eigenvalue weighted by Gasteiger charge is 2.34. The zero-order chi connectivity index (χ0) is 21.9. The van der Waals surface area contributed by atoms with Gasteiger partial charge in [0.1, 0.15) is 5.82 Å². The van der Waals surface area contributed by atoms with Gasteiger partial charge in [-0.05, 0) is 41.9 Å². The van der Waals surface area contributed by atoms with Crippen LogP contribution < -0.4 is 0 Å². The molecule has 0 saturated carbocycles. The predicted molar refractivity (Wildman–Crippen MR) is 111 cm³/mol. The minimum absolute atomic E-state index is 0.119. The summed E-state index contributed by atoms with van der Waals surface area (Å²) >= 11 is 3.12. The fourth-order valence-corrected chi connectivity index (χ4v) is 4.11. The lowest BCUT2D eigenvalue weighted by molar-refractivity contribution is -0.138. The van der Waals surface area contributed by atoms with Crippen LogP contribution in [0.15, 0.2) is 40.9 Å². The van der Waals surface area contributed by atoms with E-state index in [9.17, 15) is 22.4 Å². The van der Waals surface area contributed by atoms with Gasteiger partial charge in [-0.1, -0.05) is 35.0 Å². The molecular formula is C22H23BrF4N2O. The molecule has 1 saturated heterocycles. The Labute approximate surface area is 181 Å². The minimum atomic E-state index is -4.51. The van der Waals surface area contributed by atoms with Crippen LogP contribution >= 0.6 is 15.9 Å². The molecule has 0 aromatic heterocycles. The Hall–Kier alpha value is -1.77. The average Bonchev–Trinajstić information content (AvgIpc) is 2.68. The monoisotopic (exact) mass is 486 g/mol. The lowest BCUT2D eigenvalue weighted by Gasteiger charge is -2.34. The second-order valence-electron chi connectivity index (χ2n) is 7.46. The van der Waals surface area contributed by atoms with Crippen LogP contribution in [-0.4, -0.2) is 48.3 Å². The van der Waals surface area contributed by atoms with Gasteiger partial charge in [-0.3, -0.25) is 9.69 Å². The van der Waals surface area contributed by atoms with Crippen LogP contribution in [0.25, 0.3) is 0 Å². The van der Waals surface area contributed by atoms with Crippen LogP contribution in [0.2, 0.25) is 0 Å². The van der Waals surface area contributed by atoms with Crippen molar-refractivity contribution in [2.75, 3.05) is 32.7 Å². The molecular weight excluding hydrogens is 464 g/mol. The maximum atomic E-state index is 13.7. The molecule has 2 aromatic carbocycles. The normalized spacial score (nSPS) is 16.1. The standard InChI is InChI=1S/C22H23BrF4N2O/c1-2-28-5-7-29(8-6-28)14-16-4-3-15(9-20(16)22(25,26)27)10-21(30)17-11-18(23)13-19(24)12-17/h3-4,9,11-13H,2,5-8,10,14H2,1H3. The summed E-state index contributed by atoms with van der Waals surface area (Å²) in [5.74, 6) is -1.02. The number of carbonyl (C=O) groups is 1. The van der Waals surface area contributed by atoms with Crippen LogP contribution in [0, 0.1) is 5.82 Å². The van der Waals surface area contributed by atoms with E-state index < -0.39 is 23.3 Å². The topological polar surface area (TPSA) is 23.6 Å². The first-order chi connectivity index (χ1) is 14.2. The maximum Gasteiger partial charge on any atom is 0.416 e. The number of piperazine rings is 1. The molecule has 0 unspecified atom stereocenters. The lowest BCUT2D eigenvalue weighted by atomic mass is 9.97. The number of carbonyl (C=O) groups excluding carboxylic acids is 1. The van der Waals surface area contributed by atoms with E-state index in [1.54, 1.807) is 6.07 Å². The van der Waals surface area contributed by atoms with Crippen LogP contribution in [0.3, 0.4) is 0 Å². The average molecular weight is 487 g/mol. The van der Waals surface area contributed by atoms with E-state index >= 15 is 0 Å². The SMILES string of the molecule is CCN1CCN(Cc2ccc(CC(=O)c3cc(F)cc(Br)c3)cc2C(F)(F)F)CC1. The fourth-order valence-electron chi connectivity index (χ4n) is 3.64. The van der Waals surface area contributed by atoms with E-state index in [1.807, 2.05) is 4.90 Å². The van der Waals surface area contributed by atoms with Gasteiger partial charge < -0.3 is 4.90 Å². The van der Waals surface area contributed by atoms with Crippen molar-refractivity contribution < 1.29 is 22.4 Å². The predicted octanol–water partition coefficient (Wildman–Crippen LogP) is 5.17. The molecule has 1 aliphatic rings. The van der Waals surface area contributed by atoms with E-state index in [0.717, 1.165) is 44.9 Å². The summed E-state index contributed by atoms with van der Waals surface area (Å²) in [5.41, 5.74) is -0.135. The third-order valence-electron chi connectivity index (χ3n) is 5.33. The quantitative estimate of drug-likeness (QED) is 0.415. The van der Waals surface area contributed by atoms with E-state index in [4.69, 9.17) is 0 Å². The van der Waals surface area contributed by atoms with Crippen molar-refractivity contribution in [2.45, 2.75) is 26.1 Å². The number of rotatable bonds is 6. The summed E-state index contributed by atoms with van der Waals surface area (Å²) in [7, 11) is 0. The number of hydrogen-bond acceptors (Lipinski definition) is 3. The number of alkyl halides is 3. The lowest BCUT2D eigenvalue weighted by Crippen LogP contribution is -2.45. The van der Waals surface area contributed by atoms with E-state index in [1.165, 1.54) is 18.2 Å². The fraction of sp³-hybridized carbons (Fsp3) is 0.409.